The Morgan fingerprint density at radius 2 is 2.03 bits per heavy atom. The molecule has 1 aromatic carbocycles. The lowest BCUT2D eigenvalue weighted by atomic mass is 10.0. The van der Waals surface area contributed by atoms with Gasteiger partial charge in [0.15, 0.2) is 17.6 Å². The van der Waals surface area contributed by atoms with Gasteiger partial charge in [-0.1, -0.05) is 6.07 Å². The van der Waals surface area contributed by atoms with Crippen LogP contribution >= 0.6 is 24.0 Å². The Balaban J connectivity index is 0.00000341. The molecule has 0 spiro atoms. The summed E-state index contributed by atoms with van der Waals surface area (Å²) in [7, 11) is 0. The van der Waals surface area contributed by atoms with Crippen LogP contribution in [0.15, 0.2) is 47.7 Å². The van der Waals surface area contributed by atoms with Crippen molar-refractivity contribution in [2.24, 2.45) is 4.99 Å². The van der Waals surface area contributed by atoms with Crippen LogP contribution in [0.5, 0.6) is 5.75 Å². The Hall–Kier alpha value is -2.01. The minimum absolute atomic E-state index is 0. The third-order valence-corrected chi connectivity index (χ3v) is 4.93. The molecule has 0 radical (unpaired) electrons. The average molecular weight is 545 g/mol. The van der Waals surface area contributed by atoms with Crippen molar-refractivity contribution in [2.75, 3.05) is 32.8 Å². The van der Waals surface area contributed by atoms with Gasteiger partial charge in [-0.2, -0.15) is 0 Å². The molecule has 3 rings (SSSR count). The van der Waals surface area contributed by atoms with Crippen molar-refractivity contribution < 1.29 is 13.5 Å². The van der Waals surface area contributed by atoms with Crippen LogP contribution in [0.1, 0.15) is 25.3 Å². The fourth-order valence-corrected chi connectivity index (χ4v) is 3.40. The second kappa shape index (κ2) is 13.4. The first-order chi connectivity index (χ1) is 14.6. The van der Waals surface area contributed by atoms with Crippen LogP contribution < -0.4 is 15.4 Å². The number of nitrogens with zero attached hydrogens (tertiary/aromatic N) is 3. The van der Waals surface area contributed by atoms with E-state index in [1.165, 1.54) is 12.1 Å². The lowest BCUT2D eigenvalue weighted by Crippen LogP contribution is -2.48. The summed E-state index contributed by atoms with van der Waals surface area (Å²) in [4.78, 5) is 10.9. The number of hydrogen-bond acceptors (Lipinski definition) is 4. The first kappa shape index (κ1) is 25.3. The second-order valence-electron chi connectivity index (χ2n) is 7.24. The number of benzene rings is 1. The van der Waals surface area contributed by atoms with Crippen LogP contribution in [-0.4, -0.2) is 54.7 Å². The molecule has 0 unspecified atom stereocenters. The lowest BCUT2D eigenvalue weighted by Gasteiger charge is -2.33. The van der Waals surface area contributed by atoms with Crippen molar-refractivity contribution in [3.63, 3.8) is 0 Å². The summed E-state index contributed by atoms with van der Waals surface area (Å²) >= 11 is 0. The third kappa shape index (κ3) is 8.56. The molecule has 0 atom stereocenters. The van der Waals surface area contributed by atoms with E-state index in [-0.39, 0.29) is 24.0 Å². The maximum Gasteiger partial charge on any atom is 0.191 e. The first-order valence-electron chi connectivity index (χ1n) is 10.4. The normalized spacial score (nSPS) is 15.3. The molecule has 0 bridgehead atoms. The second-order valence-corrected chi connectivity index (χ2v) is 7.24. The van der Waals surface area contributed by atoms with E-state index in [2.05, 4.69) is 25.5 Å². The molecule has 1 fully saturated rings. The van der Waals surface area contributed by atoms with Crippen LogP contribution in [0.3, 0.4) is 0 Å². The van der Waals surface area contributed by atoms with Gasteiger partial charge in [0.2, 0.25) is 0 Å². The molecule has 2 N–H and O–H groups in total. The number of nitrogens with one attached hydrogen (secondary N) is 2. The van der Waals surface area contributed by atoms with Crippen molar-refractivity contribution in [3.05, 3.63) is 59.9 Å². The molecule has 1 aliphatic rings. The molecule has 2 aromatic rings. The molecule has 31 heavy (non-hydrogen) atoms. The van der Waals surface area contributed by atoms with E-state index >= 15 is 0 Å². The number of piperidine rings is 1. The molecular weight excluding hydrogens is 515 g/mol. The predicted octanol–water partition coefficient (Wildman–Crippen LogP) is 3.58. The molecule has 0 aliphatic carbocycles. The SMILES string of the molecule is CCNC(=NCCOc1cccnc1)NC1CCN(Cc2ccc(F)c(F)c2)CC1.I. The van der Waals surface area contributed by atoms with E-state index < -0.39 is 11.6 Å². The number of guanidine groups is 1. The zero-order valence-corrected chi connectivity index (χ0v) is 20.0. The Morgan fingerprint density at radius 3 is 2.71 bits per heavy atom. The minimum Gasteiger partial charge on any atom is -0.490 e. The molecule has 2 heterocycles. The smallest absolute Gasteiger partial charge is 0.191 e. The zero-order valence-electron chi connectivity index (χ0n) is 17.7. The summed E-state index contributed by atoms with van der Waals surface area (Å²) in [6.45, 7) is 6.25. The Labute approximate surface area is 199 Å². The molecule has 6 nitrogen and oxygen atoms in total. The zero-order chi connectivity index (χ0) is 21.2. The minimum atomic E-state index is -0.803. The van der Waals surface area contributed by atoms with Gasteiger partial charge >= 0.3 is 0 Å². The summed E-state index contributed by atoms with van der Waals surface area (Å²) in [5, 5.41) is 6.76. The standard InChI is InChI=1S/C22H29F2N5O.HI/c1-2-26-22(27-10-13-30-19-4-3-9-25-15-19)28-18-7-11-29(12-8-18)16-17-5-6-20(23)21(24)14-17;/h3-6,9,14-15,18H,2,7-8,10-13,16H2,1H3,(H2,26,27,28);1H. The van der Waals surface area contributed by atoms with Gasteiger partial charge < -0.3 is 15.4 Å². The molecule has 0 saturated carbocycles. The Bertz CT molecular complexity index is 817. The van der Waals surface area contributed by atoms with Crippen molar-refractivity contribution in [1.82, 2.24) is 20.5 Å². The van der Waals surface area contributed by atoms with E-state index in [0.717, 1.165) is 49.7 Å². The highest BCUT2D eigenvalue weighted by Crippen LogP contribution is 2.16. The van der Waals surface area contributed by atoms with E-state index in [0.29, 0.717) is 25.7 Å². The number of hydrogen-bond donors (Lipinski definition) is 2. The van der Waals surface area contributed by atoms with E-state index in [4.69, 9.17) is 4.74 Å². The van der Waals surface area contributed by atoms with Gasteiger partial charge in [-0.3, -0.25) is 9.88 Å². The van der Waals surface area contributed by atoms with E-state index in [1.54, 1.807) is 18.5 Å². The number of likely N-dealkylation sites (tertiary alicyclic amines) is 1. The molecule has 1 aromatic heterocycles. The van der Waals surface area contributed by atoms with Gasteiger partial charge in [-0.05, 0) is 49.6 Å². The van der Waals surface area contributed by atoms with Gasteiger partial charge in [0, 0.05) is 38.4 Å². The Morgan fingerprint density at radius 1 is 1.23 bits per heavy atom. The quantitative estimate of drug-likeness (QED) is 0.230. The van der Waals surface area contributed by atoms with Crippen molar-refractivity contribution in [2.45, 2.75) is 32.4 Å². The number of halogens is 3. The van der Waals surface area contributed by atoms with E-state index in [1.807, 2.05) is 19.1 Å². The van der Waals surface area contributed by atoms with Crippen LogP contribution in [-0.2, 0) is 6.54 Å². The third-order valence-electron chi connectivity index (χ3n) is 4.93. The van der Waals surface area contributed by atoms with Crippen LogP contribution in [0.25, 0.3) is 0 Å². The summed E-state index contributed by atoms with van der Waals surface area (Å²) < 4.78 is 32.1. The summed E-state index contributed by atoms with van der Waals surface area (Å²) in [5.41, 5.74) is 0.795. The summed E-state index contributed by atoms with van der Waals surface area (Å²) in [5.74, 6) is -0.0730. The van der Waals surface area contributed by atoms with Gasteiger partial charge in [0.1, 0.15) is 12.4 Å². The van der Waals surface area contributed by atoms with Crippen molar-refractivity contribution in [1.29, 1.82) is 0 Å². The van der Waals surface area contributed by atoms with Crippen LogP contribution in [0.2, 0.25) is 0 Å². The summed E-state index contributed by atoms with van der Waals surface area (Å²) in [6.07, 6.45) is 5.31. The monoisotopic (exact) mass is 545 g/mol. The van der Waals surface area contributed by atoms with Crippen LogP contribution in [0.4, 0.5) is 8.78 Å². The molecule has 170 valence electrons. The number of aliphatic imine (C=N–C) groups is 1. The molecule has 9 heteroatoms. The molecule has 1 aliphatic heterocycles. The average Bonchev–Trinajstić information content (AvgIpc) is 2.76. The van der Waals surface area contributed by atoms with Crippen molar-refractivity contribution in [3.8, 4) is 5.75 Å². The number of ether oxygens (including phenoxy) is 1. The van der Waals surface area contributed by atoms with Gasteiger partial charge in [-0.25, -0.2) is 13.8 Å². The molecule has 0 amide bonds. The fourth-order valence-electron chi connectivity index (χ4n) is 3.40. The predicted molar refractivity (Wildman–Crippen MR) is 129 cm³/mol. The van der Waals surface area contributed by atoms with Gasteiger partial charge in [0.05, 0.1) is 12.7 Å². The molecule has 1 saturated heterocycles. The number of pyridine rings is 1. The largest absolute Gasteiger partial charge is 0.490 e. The highest BCUT2D eigenvalue weighted by Gasteiger charge is 2.20. The fraction of sp³-hybridized carbons (Fsp3) is 0.455. The molecular formula is C22H30F2IN5O. The highest BCUT2D eigenvalue weighted by atomic mass is 127. The maximum atomic E-state index is 13.4. The maximum absolute atomic E-state index is 13.4. The van der Waals surface area contributed by atoms with Gasteiger partial charge in [0.25, 0.3) is 0 Å². The first-order valence-corrected chi connectivity index (χ1v) is 10.4. The van der Waals surface area contributed by atoms with Crippen LogP contribution in [0, 0.1) is 11.6 Å². The van der Waals surface area contributed by atoms with E-state index in [9.17, 15) is 8.78 Å². The highest BCUT2D eigenvalue weighted by molar-refractivity contribution is 14.0. The Kier molecular flexibility index (Phi) is 10.9. The lowest BCUT2D eigenvalue weighted by molar-refractivity contribution is 0.198. The van der Waals surface area contributed by atoms with Gasteiger partial charge in [-0.15, -0.1) is 24.0 Å². The number of aromatic nitrogens is 1. The number of rotatable bonds is 8. The summed E-state index contributed by atoms with van der Waals surface area (Å²) in [6, 6.07) is 8.14. The van der Waals surface area contributed by atoms with Crippen molar-refractivity contribution >= 4 is 29.9 Å². The topological polar surface area (TPSA) is 61.8 Å².